The SMILES string of the molecule is O=C(NCCC1CCN(C(=O)Nc2ccc(F)cc2F)CC1)C1CC1. The lowest BCUT2D eigenvalue weighted by Gasteiger charge is -2.32. The number of anilines is 1. The number of halogens is 2. The number of urea groups is 1. The highest BCUT2D eigenvalue weighted by Crippen LogP contribution is 2.29. The van der Waals surface area contributed by atoms with Gasteiger partial charge < -0.3 is 15.5 Å². The Morgan fingerprint density at radius 2 is 1.84 bits per heavy atom. The summed E-state index contributed by atoms with van der Waals surface area (Å²) in [7, 11) is 0. The van der Waals surface area contributed by atoms with Crippen molar-refractivity contribution in [2.45, 2.75) is 32.1 Å². The number of likely N-dealkylation sites (tertiary alicyclic amines) is 1. The number of hydrogen-bond donors (Lipinski definition) is 2. The van der Waals surface area contributed by atoms with Crippen molar-refractivity contribution in [2.24, 2.45) is 11.8 Å². The van der Waals surface area contributed by atoms with Crippen LogP contribution < -0.4 is 10.6 Å². The summed E-state index contributed by atoms with van der Waals surface area (Å²) >= 11 is 0. The molecule has 1 aromatic carbocycles. The molecule has 136 valence electrons. The lowest BCUT2D eigenvalue weighted by atomic mass is 9.93. The zero-order chi connectivity index (χ0) is 17.8. The van der Waals surface area contributed by atoms with E-state index in [9.17, 15) is 18.4 Å². The Balaban J connectivity index is 1.39. The number of benzene rings is 1. The lowest BCUT2D eigenvalue weighted by Crippen LogP contribution is -2.41. The third-order valence-electron chi connectivity index (χ3n) is 4.87. The molecule has 3 amide bonds. The van der Waals surface area contributed by atoms with Crippen molar-refractivity contribution in [3.63, 3.8) is 0 Å². The fraction of sp³-hybridized carbons (Fsp3) is 0.556. The molecule has 1 aliphatic carbocycles. The van der Waals surface area contributed by atoms with Gasteiger partial charge in [0.05, 0.1) is 5.69 Å². The van der Waals surface area contributed by atoms with Crippen LogP contribution in [0, 0.1) is 23.5 Å². The van der Waals surface area contributed by atoms with E-state index in [0.717, 1.165) is 44.2 Å². The quantitative estimate of drug-likeness (QED) is 0.856. The Morgan fingerprint density at radius 1 is 1.12 bits per heavy atom. The van der Waals surface area contributed by atoms with E-state index >= 15 is 0 Å². The second kappa shape index (κ2) is 7.80. The average molecular weight is 351 g/mol. The van der Waals surface area contributed by atoms with E-state index in [1.54, 1.807) is 4.90 Å². The van der Waals surface area contributed by atoms with Crippen molar-refractivity contribution in [2.75, 3.05) is 25.0 Å². The normalized spacial score (nSPS) is 18.1. The molecule has 5 nitrogen and oxygen atoms in total. The van der Waals surface area contributed by atoms with E-state index in [1.807, 2.05) is 0 Å². The summed E-state index contributed by atoms with van der Waals surface area (Å²) in [6.07, 6.45) is 4.65. The first kappa shape index (κ1) is 17.6. The molecule has 0 atom stereocenters. The van der Waals surface area contributed by atoms with Crippen molar-refractivity contribution in [1.29, 1.82) is 0 Å². The van der Waals surface area contributed by atoms with Crippen molar-refractivity contribution in [3.05, 3.63) is 29.8 Å². The predicted octanol–water partition coefficient (Wildman–Crippen LogP) is 3.13. The van der Waals surface area contributed by atoms with Crippen LogP contribution in [-0.2, 0) is 4.79 Å². The van der Waals surface area contributed by atoms with E-state index < -0.39 is 11.6 Å². The molecule has 0 radical (unpaired) electrons. The van der Waals surface area contributed by atoms with Crippen molar-refractivity contribution >= 4 is 17.6 Å². The van der Waals surface area contributed by atoms with Crippen LogP contribution in [-0.4, -0.2) is 36.5 Å². The van der Waals surface area contributed by atoms with Crippen LogP contribution in [0.5, 0.6) is 0 Å². The molecule has 7 heteroatoms. The maximum Gasteiger partial charge on any atom is 0.321 e. The molecule has 2 N–H and O–H groups in total. The molecule has 1 aliphatic heterocycles. The van der Waals surface area contributed by atoms with Crippen LogP contribution in [0.4, 0.5) is 19.3 Å². The zero-order valence-electron chi connectivity index (χ0n) is 14.1. The van der Waals surface area contributed by atoms with E-state index in [-0.39, 0.29) is 23.5 Å². The number of rotatable bonds is 5. The number of amides is 3. The van der Waals surface area contributed by atoms with E-state index in [0.29, 0.717) is 25.6 Å². The molecule has 25 heavy (non-hydrogen) atoms. The highest BCUT2D eigenvalue weighted by molar-refractivity contribution is 5.89. The minimum Gasteiger partial charge on any atom is -0.356 e. The third kappa shape index (κ3) is 4.90. The number of carbonyl (C=O) groups is 2. The van der Waals surface area contributed by atoms with Crippen LogP contribution in [0.3, 0.4) is 0 Å². The van der Waals surface area contributed by atoms with E-state index in [2.05, 4.69) is 10.6 Å². The standard InChI is InChI=1S/C18H23F2N3O2/c19-14-3-4-16(15(20)11-14)22-18(25)23-9-6-12(7-10-23)5-8-21-17(24)13-1-2-13/h3-4,11-13H,1-2,5-10H2,(H,21,24)(H,22,25). The van der Waals surface area contributed by atoms with Gasteiger partial charge in [0.25, 0.3) is 0 Å². The molecule has 1 saturated carbocycles. The van der Waals surface area contributed by atoms with Crippen LogP contribution in [0.25, 0.3) is 0 Å². The summed E-state index contributed by atoms with van der Waals surface area (Å²) < 4.78 is 26.5. The van der Waals surface area contributed by atoms with Crippen molar-refractivity contribution < 1.29 is 18.4 Å². The van der Waals surface area contributed by atoms with Gasteiger partial charge in [0.15, 0.2) is 0 Å². The minimum atomic E-state index is -0.783. The number of piperidine rings is 1. The first-order chi connectivity index (χ1) is 12.0. The number of hydrogen-bond acceptors (Lipinski definition) is 2. The molecule has 0 aromatic heterocycles. The average Bonchev–Trinajstić information content (AvgIpc) is 3.43. The Hall–Kier alpha value is -2.18. The van der Waals surface area contributed by atoms with Gasteiger partial charge in [-0.3, -0.25) is 4.79 Å². The lowest BCUT2D eigenvalue weighted by molar-refractivity contribution is -0.122. The van der Waals surface area contributed by atoms with Crippen molar-refractivity contribution in [1.82, 2.24) is 10.2 Å². The molecule has 1 aromatic rings. The first-order valence-corrected chi connectivity index (χ1v) is 8.81. The highest BCUT2D eigenvalue weighted by atomic mass is 19.1. The van der Waals surface area contributed by atoms with Gasteiger partial charge in [0.1, 0.15) is 11.6 Å². The van der Waals surface area contributed by atoms with Crippen LogP contribution in [0.15, 0.2) is 18.2 Å². The van der Waals surface area contributed by atoms with Crippen molar-refractivity contribution in [3.8, 4) is 0 Å². The first-order valence-electron chi connectivity index (χ1n) is 8.81. The number of nitrogens with zero attached hydrogens (tertiary/aromatic N) is 1. The highest BCUT2D eigenvalue weighted by Gasteiger charge is 2.29. The molecule has 1 heterocycles. The molecular formula is C18H23F2N3O2. The second-order valence-corrected chi connectivity index (χ2v) is 6.84. The van der Waals surface area contributed by atoms with Gasteiger partial charge >= 0.3 is 6.03 Å². The number of carbonyl (C=O) groups excluding carboxylic acids is 2. The Labute approximate surface area is 145 Å². The van der Waals surface area contributed by atoms with Gasteiger partial charge in [-0.2, -0.15) is 0 Å². The summed E-state index contributed by atoms with van der Waals surface area (Å²) in [4.78, 5) is 25.4. The summed E-state index contributed by atoms with van der Waals surface area (Å²) in [5, 5.41) is 5.45. The maximum atomic E-state index is 13.6. The van der Waals surface area contributed by atoms with Crippen LogP contribution in [0.1, 0.15) is 32.1 Å². The Bertz CT molecular complexity index is 641. The van der Waals surface area contributed by atoms with Gasteiger partial charge in [-0.05, 0) is 50.2 Å². The summed E-state index contributed by atoms with van der Waals surface area (Å²) in [5.41, 5.74) is -0.0173. The fourth-order valence-corrected chi connectivity index (χ4v) is 3.10. The summed E-state index contributed by atoms with van der Waals surface area (Å²) in [5.74, 6) is -0.582. The molecule has 1 saturated heterocycles. The van der Waals surface area contributed by atoms with Gasteiger partial charge in [-0.15, -0.1) is 0 Å². The number of nitrogens with one attached hydrogen (secondary N) is 2. The molecule has 0 spiro atoms. The molecule has 3 rings (SSSR count). The van der Waals surface area contributed by atoms with Gasteiger partial charge in [0, 0.05) is 31.6 Å². The Kier molecular flexibility index (Phi) is 5.50. The third-order valence-corrected chi connectivity index (χ3v) is 4.87. The zero-order valence-corrected chi connectivity index (χ0v) is 14.1. The summed E-state index contributed by atoms with van der Waals surface area (Å²) in [6, 6.07) is 2.71. The smallest absolute Gasteiger partial charge is 0.321 e. The predicted molar refractivity (Wildman–Crippen MR) is 90.0 cm³/mol. The molecular weight excluding hydrogens is 328 g/mol. The summed E-state index contributed by atoms with van der Waals surface area (Å²) in [6.45, 7) is 1.87. The molecule has 0 bridgehead atoms. The topological polar surface area (TPSA) is 61.4 Å². The Morgan fingerprint density at radius 3 is 2.48 bits per heavy atom. The monoisotopic (exact) mass is 351 g/mol. The van der Waals surface area contributed by atoms with Gasteiger partial charge in [0.2, 0.25) is 5.91 Å². The van der Waals surface area contributed by atoms with Gasteiger partial charge in [-0.1, -0.05) is 0 Å². The molecule has 2 aliphatic rings. The van der Waals surface area contributed by atoms with Crippen LogP contribution >= 0.6 is 0 Å². The molecule has 2 fully saturated rings. The van der Waals surface area contributed by atoms with E-state index in [1.165, 1.54) is 6.07 Å². The van der Waals surface area contributed by atoms with Gasteiger partial charge in [-0.25, -0.2) is 13.6 Å². The fourth-order valence-electron chi connectivity index (χ4n) is 3.10. The molecule has 0 unspecified atom stereocenters. The van der Waals surface area contributed by atoms with E-state index in [4.69, 9.17) is 0 Å². The van der Waals surface area contributed by atoms with Crippen LogP contribution in [0.2, 0.25) is 0 Å². The maximum absolute atomic E-state index is 13.6. The minimum absolute atomic E-state index is 0.0173. The second-order valence-electron chi connectivity index (χ2n) is 6.84. The largest absolute Gasteiger partial charge is 0.356 e.